The first kappa shape index (κ1) is 11.8. The van der Waals surface area contributed by atoms with E-state index < -0.39 is 5.56 Å². The Hall–Kier alpha value is -1.66. The Morgan fingerprint density at radius 3 is 2.71 bits per heavy atom. The molecule has 0 aliphatic heterocycles. The summed E-state index contributed by atoms with van der Waals surface area (Å²) in [5.74, 6) is -0.0654. The highest BCUT2D eigenvalue weighted by molar-refractivity contribution is 9.10. The molecule has 0 amide bonds. The SMILES string of the molecule is NCc1nc(O)c(-c2ccccc2Br)c(=O)[nH]1. The van der Waals surface area contributed by atoms with E-state index in [1.165, 1.54) is 0 Å². The second-order valence-electron chi connectivity index (χ2n) is 3.40. The van der Waals surface area contributed by atoms with Gasteiger partial charge in [0.25, 0.3) is 5.56 Å². The molecule has 17 heavy (non-hydrogen) atoms. The molecule has 0 saturated heterocycles. The lowest BCUT2D eigenvalue weighted by Crippen LogP contribution is -2.16. The zero-order valence-electron chi connectivity index (χ0n) is 8.77. The molecule has 0 atom stereocenters. The maximum absolute atomic E-state index is 11.8. The molecular weight excluding hydrogens is 286 g/mol. The van der Waals surface area contributed by atoms with Crippen molar-refractivity contribution in [2.24, 2.45) is 5.73 Å². The van der Waals surface area contributed by atoms with Gasteiger partial charge in [0.05, 0.1) is 6.54 Å². The highest BCUT2D eigenvalue weighted by atomic mass is 79.9. The quantitative estimate of drug-likeness (QED) is 0.780. The predicted molar refractivity (Wildman–Crippen MR) is 67.5 cm³/mol. The average Bonchev–Trinajstić information content (AvgIpc) is 2.30. The molecule has 0 saturated carbocycles. The summed E-state index contributed by atoms with van der Waals surface area (Å²) in [7, 11) is 0. The van der Waals surface area contributed by atoms with Crippen LogP contribution in [0, 0.1) is 0 Å². The number of aromatic nitrogens is 2. The fourth-order valence-corrected chi connectivity index (χ4v) is 1.99. The number of nitrogens with two attached hydrogens (primary N) is 1. The van der Waals surface area contributed by atoms with E-state index in [1.54, 1.807) is 18.2 Å². The number of halogens is 1. The number of aromatic hydroxyl groups is 1. The number of H-pyrrole nitrogens is 1. The van der Waals surface area contributed by atoms with Gasteiger partial charge in [0.2, 0.25) is 5.88 Å². The fourth-order valence-electron chi connectivity index (χ4n) is 1.51. The van der Waals surface area contributed by atoms with Crippen molar-refractivity contribution in [3.63, 3.8) is 0 Å². The van der Waals surface area contributed by atoms with E-state index in [1.807, 2.05) is 6.07 Å². The molecule has 0 bridgehead atoms. The summed E-state index contributed by atoms with van der Waals surface area (Å²) in [4.78, 5) is 18.2. The summed E-state index contributed by atoms with van der Waals surface area (Å²) in [5, 5.41) is 9.77. The molecule has 2 aromatic rings. The lowest BCUT2D eigenvalue weighted by Gasteiger charge is -2.06. The summed E-state index contributed by atoms with van der Waals surface area (Å²) < 4.78 is 0.711. The van der Waals surface area contributed by atoms with Crippen molar-refractivity contribution in [2.45, 2.75) is 6.54 Å². The topological polar surface area (TPSA) is 92.0 Å². The summed E-state index contributed by atoms with van der Waals surface area (Å²) in [6.45, 7) is 0.0685. The molecular formula is C11H10BrN3O2. The second kappa shape index (κ2) is 4.68. The maximum atomic E-state index is 11.8. The van der Waals surface area contributed by atoms with Crippen LogP contribution in [0.5, 0.6) is 5.88 Å². The van der Waals surface area contributed by atoms with Gasteiger partial charge >= 0.3 is 0 Å². The molecule has 6 heteroatoms. The van der Waals surface area contributed by atoms with E-state index in [9.17, 15) is 9.90 Å². The van der Waals surface area contributed by atoms with Gasteiger partial charge in [0.1, 0.15) is 11.4 Å². The van der Waals surface area contributed by atoms with Crippen molar-refractivity contribution < 1.29 is 5.11 Å². The van der Waals surface area contributed by atoms with E-state index in [-0.39, 0.29) is 23.8 Å². The maximum Gasteiger partial charge on any atom is 0.262 e. The second-order valence-corrected chi connectivity index (χ2v) is 4.25. The Kier molecular flexibility index (Phi) is 3.26. The van der Waals surface area contributed by atoms with Crippen LogP contribution in [0.15, 0.2) is 33.5 Å². The van der Waals surface area contributed by atoms with Gasteiger partial charge < -0.3 is 15.8 Å². The summed E-state index contributed by atoms with van der Waals surface area (Å²) >= 11 is 3.32. The van der Waals surface area contributed by atoms with E-state index in [0.717, 1.165) is 0 Å². The predicted octanol–water partition coefficient (Wildman–Crippen LogP) is 1.36. The van der Waals surface area contributed by atoms with Crippen molar-refractivity contribution in [3.8, 4) is 17.0 Å². The van der Waals surface area contributed by atoms with Crippen LogP contribution >= 0.6 is 15.9 Å². The molecule has 4 N–H and O–H groups in total. The van der Waals surface area contributed by atoms with Crippen LogP contribution in [0.3, 0.4) is 0 Å². The van der Waals surface area contributed by atoms with Crippen LogP contribution in [0.25, 0.3) is 11.1 Å². The van der Waals surface area contributed by atoms with E-state index in [4.69, 9.17) is 5.73 Å². The molecule has 1 aromatic heterocycles. The third kappa shape index (κ3) is 2.22. The van der Waals surface area contributed by atoms with Gasteiger partial charge in [0, 0.05) is 10.0 Å². The van der Waals surface area contributed by atoms with Gasteiger partial charge in [-0.25, -0.2) is 0 Å². The molecule has 1 heterocycles. The number of nitrogens with one attached hydrogen (secondary N) is 1. The first-order valence-electron chi connectivity index (χ1n) is 4.90. The molecule has 88 valence electrons. The van der Waals surface area contributed by atoms with Crippen molar-refractivity contribution >= 4 is 15.9 Å². The van der Waals surface area contributed by atoms with Gasteiger partial charge in [-0.2, -0.15) is 4.98 Å². The number of rotatable bonds is 2. The van der Waals surface area contributed by atoms with Gasteiger partial charge in [-0.1, -0.05) is 34.1 Å². The minimum atomic E-state index is -0.412. The van der Waals surface area contributed by atoms with Crippen LogP contribution in [-0.2, 0) is 6.54 Å². The standard InChI is InChI=1S/C11H10BrN3O2/c12-7-4-2-1-3-6(7)9-10(16)14-8(5-13)15-11(9)17/h1-4H,5,13H2,(H2,14,15,16,17). The first-order valence-corrected chi connectivity index (χ1v) is 5.70. The van der Waals surface area contributed by atoms with Crippen molar-refractivity contribution in [1.29, 1.82) is 0 Å². The third-order valence-corrected chi connectivity index (χ3v) is 2.98. The van der Waals surface area contributed by atoms with Crippen LogP contribution in [0.1, 0.15) is 5.82 Å². The summed E-state index contributed by atoms with van der Waals surface area (Å²) in [6, 6.07) is 7.10. The zero-order valence-corrected chi connectivity index (χ0v) is 10.4. The van der Waals surface area contributed by atoms with Crippen LogP contribution in [0.4, 0.5) is 0 Å². The first-order chi connectivity index (χ1) is 8.13. The average molecular weight is 296 g/mol. The Labute approximate surface area is 105 Å². The molecule has 0 aliphatic carbocycles. The molecule has 1 aromatic carbocycles. The number of aromatic amines is 1. The minimum absolute atomic E-state index is 0.0685. The summed E-state index contributed by atoms with van der Waals surface area (Å²) in [6.07, 6.45) is 0. The van der Waals surface area contributed by atoms with E-state index in [2.05, 4.69) is 25.9 Å². The molecule has 0 fully saturated rings. The number of benzene rings is 1. The molecule has 2 rings (SSSR count). The van der Waals surface area contributed by atoms with Crippen LogP contribution < -0.4 is 11.3 Å². The fraction of sp³-hybridized carbons (Fsp3) is 0.0909. The van der Waals surface area contributed by atoms with Crippen LogP contribution in [-0.4, -0.2) is 15.1 Å². The molecule has 5 nitrogen and oxygen atoms in total. The lowest BCUT2D eigenvalue weighted by molar-refractivity contribution is 0.450. The van der Waals surface area contributed by atoms with Gasteiger partial charge in [-0.05, 0) is 6.07 Å². The van der Waals surface area contributed by atoms with Crippen LogP contribution in [0.2, 0.25) is 0 Å². The lowest BCUT2D eigenvalue weighted by atomic mass is 10.1. The molecule has 0 aliphatic rings. The van der Waals surface area contributed by atoms with Gasteiger partial charge in [-0.3, -0.25) is 4.79 Å². The smallest absolute Gasteiger partial charge is 0.262 e. The van der Waals surface area contributed by atoms with Gasteiger partial charge in [0.15, 0.2) is 0 Å². The monoisotopic (exact) mass is 295 g/mol. The normalized spacial score (nSPS) is 10.5. The van der Waals surface area contributed by atoms with Crippen molar-refractivity contribution in [1.82, 2.24) is 9.97 Å². The number of hydrogen-bond acceptors (Lipinski definition) is 4. The van der Waals surface area contributed by atoms with E-state index >= 15 is 0 Å². The third-order valence-electron chi connectivity index (χ3n) is 2.29. The van der Waals surface area contributed by atoms with Crippen molar-refractivity contribution in [2.75, 3.05) is 0 Å². The largest absolute Gasteiger partial charge is 0.493 e. The van der Waals surface area contributed by atoms with E-state index in [0.29, 0.717) is 10.0 Å². The Morgan fingerprint density at radius 1 is 1.41 bits per heavy atom. The Bertz CT molecular complexity index is 610. The van der Waals surface area contributed by atoms with Crippen molar-refractivity contribution in [3.05, 3.63) is 44.9 Å². The highest BCUT2D eigenvalue weighted by Gasteiger charge is 2.14. The molecule has 0 unspecified atom stereocenters. The number of hydrogen-bond donors (Lipinski definition) is 3. The molecule has 0 radical (unpaired) electrons. The summed E-state index contributed by atoms with van der Waals surface area (Å²) in [5.41, 5.74) is 5.66. The Morgan fingerprint density at radius 2 is 2.12 bits per heavy atom. The molecule has 0 spiro atoms. The highest BCUT2D eigenvalue weighted by Crippen LogP contribution is 2.29. The zero-order chi connectivity index (χ0) is 12.4. The minimum Gasteiger partial charge on any atom is -0.493 e. The number of nitrogens with zero attached hydrogens (tertiary/aromatic N) is 1. The van der Waals surface area contributed by atoms with Gasteiger partial charge in [-0.15, -0.1) is 0 Å². The Balaban J connectivity index is 2.69.